The molecule has 0 unspecified atom stereocenters. The van der Waals surface area contributed by atoms with Crippen molar-refractivity contribution >= 4 is 11.6 Å². The number of hydrogen-bond acceptors (Lipinski definition) is 0. The highest BCUT2D eigenvalue weighted by atomic mass is 35.5. The molecule has 0 aliphatic rings. The SMILES string of the molecule is CCc1c(-c2ccccc2)c(CC)n(CC=CCCl)c1C. The normalized spacial score (nSPS) is 11.4. The summed E-state index contributed by atoms with van der Waals surface area (Å²) in [5.41, 5.74) is 7.03. The Bertz CT molecular complexity index is 608. The van der Waals surface area contributed by atoms with Crippen molar-refractivity contribution in [3.05, 3.63) is 59.4 Å². The van der Waals surface area contributed by atoms with E-state index in [0.717, 1.165) is 19.4 Å². The van der Waals surface area contributed by atoms with E-state index >= 15 is 0 Å². The van der Waals surface area contributed by atoms with Crippen molar-refractivity contribution in [2.45, 2.75) is 40.2 Å². The molecule has 1 aromatic carbocycles. The summed E-state index contributed by atoms with van der Waals surface area (Å²) in [6.45, 7) is 7.62. The van der Waals surface area contributed by atoms with Gasteiger partial charge in [0.15, 0.2) is 0 Å². The number of benzene rings is 1. The van der Waals surface area contributed by atoms with Gasteiger partial charge in [-0.3, -0.25) is 0 Å². The van der Waals surface area contributed by atoms with Crippen molar-refractivity contribution in [1.29, 1.82) is 0 Å². The van der Waals surface area contributed by atoms with Crippen LogP contribution in [0.15, 0.2) is 42.5 Å². The van der Waals surface area contributed by atoms with Gasteiger partial charge < -0.3 is 4.57 Å². The Kier molecular flexibility index (Phi) is 5.69. The largest absolute Gasteiger partial charge is 0.344 e. The summed E-state index contributed by atoms with van der Waals surface area (Å²) in [6.07, 6.45) is 6.29. The third kappa shape index (κ3) is 3.24. The first-order chi connectivity index (χ1) is 10.2. The van der Waals surface area contributed by atoms with Crippen molar-refractivity contribution in [3.63, 3.8) is 0 Å². The Balaban J connectivity index is 2.58. The van der Waals surface area contributed by atoms with Crippen LogP contribution in [0.5, 0.6) is 0 Å². The average Bonchev–Trinajstić information content (AvgIpc) is 2.80. The molecule has 2 rings (SSSR count). The number of aromatic nitrogens is 1. The molecule has 21 heavy (non-hydrogen) atoms. The van der Waals surface area contributed by atoms with Gasteiger partial charge in [0.25, 0.3) is 0 Å². The van der Waals surface area contributed by atoms with E-state index in [4.69, 9.17) is 11.6 Å². The maximum absolute atomic E-state index is 5.74. The summed E-state index contributed by atoms with van der Waals surface area (Å²) in [5.74, 6) is 0.577. The first-order valence-electron chi connectivity index (χ1n) is 7.71. The van der Waals surface area contributed by atoms with Crippen LogP contribution in [0.1, 0.15) is 30.8 Å². The van der Waals surface area contributed by atoms with Gasteiger partial charge in [-0.15, -0.1) is 11.6 Å². The second kappa shape index (κ2) is 7.51. The summed E-state index contributed by atoms with van der Waals surface area (Å²) in [6, 6.07) is 10.7. The zero-order valence-corrected chi connectivity index (χ0v) is 14.0. The van der Waals surface area contributed by atoms with E-state index in [9.17, 15) is 0 Å². The van der Waals surface area contributed by atoms with Crippen molar-refractivity contribution in [2.75, 3.05) is 5.88 Å². The van der Waals surface area contributed by atoms with Crippen molar-refractivity contribution in [3.8, 4) is 11.1 Å². The number of halogens is 1. The lowest BCUT2D eigenvalue weighted by Gasteiger charge is -2.09. The van der Waals surface area contributed by atoms with Crippen LogP contribution in [-0.2, 0) is 19.4 Å². The Morgan fingerprint density at radius 1 is 1.05 bits per heavy atom. The second-order valence-electron chi connectivity index (χ2n) is 5.20. The molecular formula is C19H24ClN. The van der Waals surface area contributed by atoms with Crippen LogP contribution in [0.2, 0.25) is 0 Å². The fourth-order valence-electron chi connectivity index (χ4n) is 3.09. The minimum absolute atomic E-state index is 0.577. The van der Waals surface area contributed by atoms with Gasteiger partial charge in [0.2, 0.25) is 0 Å². The maximum atomic E-state index is 5.74. The molecule has 0 aliphatic heterocycles. The fourth-order valence-corrected chi connectivity index (χ4v) is 3.22. The molecule has 0 spiro atoms. The van der Waals surface area contributed by atoms with Crippen LogP contribution < -0.4 is 0 Å². The van der Waals surface area contributed by atoms with E-state index in [1.54, 1.807) is 0 Å². The molecule has 0 fully saturated rings. The van der Waals surface area contributed by atoms with Gasteiger partial charge in [0.1, 0.15) is 0 Å². The van der Waals surface area contributed by atoms with Gasteiger partial charge in [-0.1, -0.05) is 56.3 Å². The van der Waals surface area contributed by atoms with Crippen molar-refractivity contribution in [2.24, 2.45) is 0 Å². The third-order valence-corrected chi connectivity index (χ3v) is 4.23. The van der Waals surface area contributed by atoms with Crippen LogP contribution >= 0.6 is 11.6 Å². The molecule has 0 atom stereocenters. The number of allylic oxidation sites excluding steroid dienone is 2. The summed E-state index contributed by atoms with van der Waals surface area (Å²) >= 11 is 5.74. The smallest absolute Gasteiger partial charge is 0.0406 e. The van der Waals surface area contributed by atoms with E-state index in [1.165, 1.54) is 28.1 Å². The maximum Gasteiger partial charge on any atom is 0.0406 e. The Hall–Kier alpha value is -1.47. The van der Waals surface area contributed by atoms with E-state index in [2.05, 4.69) is 61.7 Å². The lowest BCUT2D eigenvalue weighted by atomic mass is 9.98. The van der Waals surface area contributed by atoms with Crippen LogP contribution in [0.25, 0.3) is 11.1 Å². The van der Waals surface area contributed by atoms with Gasteiger partial charge in [-0.05, 0) is 30.9 Å². The minimum Gasteiger partial charge on any atom is -0.344 e. The topological polar surface area (TPSA) is 4.93 Å². The molecule has 2 aromatic rings. The Morgan fingerprint density at radius 2 is 1.76 bits per heavy atom. The lowest BCUT2D eigenvalue weighted by molar-refractivity contribution is 0.740. The highest BCUT2D eigenvalue weighted by Crippen LogP contribution is 2.33. The van der Waals surface area contributed by atoms with Gasteiger partial charge in [0, 0.05) is 29.4 Å². The zero-order chi connectivity index (χ0) is 15.2. The molecule has 0 saturated heterocycles. The fraction of sp³-hybridized carbons (Fsp3) is 0.368. The van der Waals surface area contributed by atoms with Crippen LogP contribution in [0.3, 0.4) is 0 Å². The molecule has 0 bridgehead atoms. The molecule has 2 heteroatoms. The van der Waals surface area contributed by atoms with Crippen molar-refractivity contribution < 1.29 is 0 Å². The Morgan fingerprint density at radius 3 is 2.33 bits per heavy atom. The van der Waals surface area contributed by atoms with E-state index < -0.39 is 0 Å². The van der Waals surface area contributed by atoms with E-state index in [0.29, 0.717) is 5.88 Å². The predicted octanol–water partition coefficient (Wildman–Crippen LogP) is 5.38. The highest BCUT2D eigenvalue weighted by molar-refractivity contribution is 6.18. The van der Waals surface area contributed by atoms with E-state index in [-0.39, 0.29) is 0 Å². The molecule has 112 valence electrons. The van der Waals surface area contributed by atoms with E-state index in [1.807, 2.05) is 6.08 Å². The number of hydrogen-bond donors (Lipinski definition) is 0. The van der Waals surface area contributed by atoms with Gasteiger partial charge in [-0.25, -0.2) is 0 Å². The second-order valence-corrected chi connectivity index (χ2v) is 5.50. The van der Waals surface area contributed by atoms with Crippen LogP contribution in [-0.4, -0.2) is 10.4 Å². The zero-order valence-electron chi connectivity index (χ0n) is 13.2. The lowest BCUT2D eigenvalue weighted by Crippen LogP contribution is -2.03. The predicted molar refractivity (Wildman–Crippen MR) is 93.2 cm³/mol. The van der Waals surface area contributed by atoms with Gasteiger partial charge >= 0.3 is 0 Å². The standard InChI is InChI=1S/C19H24ClN/c1-4-17-15(3)21(14-10-9-13-20)18(5-2)19(17)16-11-7-6-8-12-16/h6-12H,4-5,13-14H2,1-3H3. The summed E-state index contributed by atoms with van der Waals surface area (Å²) in [4.78, 5) is 0. The quantitative estimate of drug-likeness (QED) is 0.498. The number of rotatable bonds is 6. The van der Waals surface area contributed by atoms with Crippen LogP contribution in [0.4, 0.5) is 0 Å². The van der Waals surface area contributed by atoms with Crippen molar-refractivity contribution in [1.82, 2.24) is 4.57 Å². The third-order valence-electron chi connectivity index (χ3n) is 4.05. The van der Waals surface area contributed by atoms with Gasteiger partial charge in [-0.2, -0.15) is 0 Å². The first kappa shape index (κ1) is 15.9. The summed E-state index contributed by atoms with van der Waals surface area (Å²) in [7, 11) is 0. The van der Waals surface area contributed by atoms with Gasteiger partial charge in [0.05, 0.1) is 0 Å². The highest BCUT2D eigenvalue weighted by Gasteiger charge is 2.18. The molecule has 0 radical (unpaired) electrons. The minimum atomic E-state index is 0.577. The number of nitrogens with zero attached hydrogens (tertiary/aromatic N) is 1. The molecule has 0 amide bonds. The Labute approximate surface area is 133 Å². The summed E-state index contributed by atoms with van der Waals surface area (Å²) in [5, 5.41) is 0. The molecule has 0 N–H and O–H groups in total. The summed E-state index contributed by atoms with van der Waals surface area (Å²) < 4.78 is 2.43. The monoisotopic (exact) mass is 301 g/mol. The molecule has 0 saturated carbocycles. The molecule has 1 heterocycles. The number of alkyl halides is 1. The molecular weight excluding hydrogens is 278 g/mol. The average molecular weight is 302 g/mol. The molecule has 1 nitrogen and oxygen atoms in total. The first-order valence-corrected chi connectivity index (χ1v) is 8.25. The van der Waals surface area contributed by atoms with Crippen LogP contribution in [0, 0.1) is 6.92 Å². The molecule has 1 aromatic heterocycles. The molecule has 0 aliphatic carbocycles.